The van der Waals surface area contributed by atoms with E-state index in [1.54, 1.807) is 16.8 Å². The molecule has 0 bridgehead atoms. The molecule has 0 radical (unpaired) electrons. The highest BCUT2D eigenvalue weighted by Gasteiger charge is 2.16. The van der Waals surface area contributed by atoms with Crippen LogP contribution in [0.25, 0.3) is 22.6 Å². The third-order valence-electron chi connectivity index (χ3n) is 3.89. The van der Waals surface area contributed by atoms with Crippen molar-refractivity contribution in [3.05, 3.63) is 57.5 Å². The van der Waals surface area contributed by atoms with Gasteiger partial charge in [-0.1, -0.05) is 18.2 Å². The van der Waals surface area contributed by atoms with Gasteiger partial charge in [0.05, 0.1) is 16.5 Å². The topological polar surface area (TPSA) is 59.8 Å². The lowest BCUT2D eigenvalue weighted by Gasteiger charge is -2.09. The highest BCUT2D eigenvalue weighted by atomic mass is 32.1. The molecule has 1 amide bonds. The number of para-hydroxylation sites is 2. The number of hydrogen-bond acceptors (Lipinski definition) is 5. The maximum Gasteiger partial charge on any atom is 0.240 e. The SMILES string of the molecule is O=C(Cn1c(-c2cscn2)nc2ccccc21)NCCc1cccs1. The van der Waals surface area contributed by atoms with Crippen molar-refractivity contribution in [3.8, 4) is 11.5 Å². The van der Waals surface area contributed by atoms with Gasteiger partial charge in [0.2, 0.25) is 5.91 Å². The highest BCUT2D eigenvalue weighted by molar-refractivity contribution is 7.09. The molecule has 0 fully saturated rings. The fraction of sp³-hybridized carbons (Fsp3) is 0.167. The molecule has 3 heterocycles. The van der Waals surface area contributed by atoms with Gasteiger partial charge >= 0.3 is 0 Å². The van der Waals surface area contributed by atoms with Gasteiger partial charge in [0, 0.05) is 16.8 Å². The third kappa shape index (κ3) is 3.47. The van der Waals surface area contributed by atoms with Crippen molar-refractivity contribution in [2.75, 3.05) is 6.54 Å². The van der Waals surface area contributed by atoms with Crippen molar-refractivity contribution in [3.63, 3.8) is 0 Å². The Hall–Kier alpha value is -2.51. The average molecular weight is 368 g/mol. The largest absolute Gasteiger partial charge is 0.354 e. The second kappa shape index (κ2) is 7.16. The number of hydrogen-bond donors (Lipinski definition) is 1. The van der Waals surface area contributed by atoms with Gasteiger partial charge in [-0.25, -0.2) is 9.97 Å². The number of aromatic nitrogens is 3. The Labute approximate surface area is 153 Å². The fourth-order valence-corrected chi connectivity index (χ4v) is 3.97. The summed E-state index contributed by atoms with van der Waals surface area (Å²) in [4.78, 5) is 22.7. The first kappa shape index (κ1) is 16.0. The minimum atomic E-state index is -0.0174. The van der Waals surface area contributed by atoms with Gasteiger partial charge in [0.1, 0.15) is 12.2 Å². The van der Waals surface area contributed by atoms with Crippen molar-refractivity contribution < 1.29 is 4.79 Å². The minimum Gasteiger partial charge on any atom is -0.354 e. The summed E-state index contributed by atoms with van der Waals surface area (Å²) in [5.41, 5.74) is 4.39. The molecule has 0 saturated carbocycles. The van der Waals surface area contributed by atoms with Gasteiger partial charge in [-0.2, -0.15) is 0 Å². The number of nitrogens with one attached hydrogen (secondary N) is 1. The average Bonchev–Trinajstić information content (AvgIpc) is 3.36. The van der Waals surface area contributed by atoms with E-state index in [-0.39, 0.29) is 12.5 Å². The third-order valence-corrected chi connectivity index (χ3v) is 5.41. The second-order valence-electron chi connectivity index (χ2n) is 5.56. The van der Waals surface area contributed by atoms with Gasteiger partial charge in [0.25, 0.3) is 0 Å². The Morgan fingerprint density at radius 1 is 1.20 bits per heavy atom. The highest BCUT2D eigenvalue weighted by Crippen LogP contribution is 2.24. The molecule has 0 spiro atoms. The predicted molar refractivity (Wildman–Crippen MR) is 102 cm³/mol. The molecular weight excluding hydrogens is 352 g/mol. The number of carbonyl (C=O) groups excluding carboxylic acids is 1. The molecule has 25 heavy (non-hydrogen) atoms. The van der Waals surface area contributed by atoms with Crippen molar-refractivity contribution in [2.24, 2.45) is 0 Å². The molecular formula is C18H16N4OS2. The van der Waals surface area contributed by atoms with Crippen molar-refractivity contribution in [1.82, 2.24) is 19.9 Å². The molecule has 1 aromatic carbocycles. The van der Waals surface area contributed by atoms with Crippen LogP contribution in [0, 0.1) is 0 Å². The molecule has 1 N–H and O–H groups in total. The van der Waals surface area contributed by atoms with Gasteiger partial charge in [-0.15, -0.1) is 22.7 Å². The van der Waals surface area contributed by atoms with Gasteiger partial charge < -0.3 is 9.88 Å². The zero-order valence-corrected chi connectivity index (χ0v) is 15.0. The maximum absolute atomic E-state index is 12.4. The lowest BCUT2D eigenvalue weighted by Crippen LogP contribution is -2.29. The van der Waals surface area contributed by atoms with Crippen LogP contribution in [0.15, 0.2) is 52.7 Å². The molecule has 4 rings (SSSR count). The molecule has 7 heteroatoms. The summed E-state index contributed by atoms with van der Waals surface area (Å²) in [7, 11) is 0. The summed E-state index contributed by atoms with van der Waals surface area (Å²) in [6.45, 7) is 0.871. The normalized spacial score (nSPS) is 11.0. The zero-order chi connectivity index (χ0) is 17.1. The van der Waals surface area contributed by atoms with Crippen LogP contribution in [0.5, 0.6) is 0 Å². The molecule has 0 aliphatic carbocycles. The minimum absolute atomic E-state index is 0.0174. The number of amides is 1. The Morgan fingerprint density at radius 3 is 2.92 bits per heavy atom. The predicted octanol–water partition coefficient (Wildman–Crippen LogP) is 3.58. The summed E-state index contributed by atoms with van der Waals surface area (Å²) in [6, 6.07) is 12.0. The van der Waals surface area contributed by atoms with Gasteiger partial charge in [-0.3, -0.25) is 4.79 Å². The number of benzene rings is 1. The number of thiazole rings is 1. The van der Waals surface area contributed by atoms with Crippen LogP contribution in [0.1, 0.15) is 4.88 Å². The molecule has 0 unspecified atom stereocenters. The van der Waals surface area contributed by atoms with Crippen LogP contribution in [-0.2, 0) is 17.8 Å². The first-order chi connectivity index (χ1) is 12.3. The summed E-state index contributed by atoms with van der Waals surface area (Å²) in [5, 5.41) is 7.00. The number of imidazole rings is 1. The van der Waals surface area contributed by atoms with Crippen molar-refractivity contribution in [1.29, 1.82) is 0 Å². The van der Waals surface area contributed by atoms with E-state index in [9.17, 15) is 4.79 Å². The lowest BCUT2D eigenvalue weighted by molar-refractivity contribution is -0.121. The van der Waals surface area contributed by atoms with E-state index in [2.05, 4.69) is 26.7 Å². The second-order valence-corrected chi connectivity index (χ2v) is 7.31. The van der Waals surface area contributed by atoms with E-state index in [0.29, 0.717) is 6.54 Å². The molecule has 126 valence electrons. The van der Waals surface area contributed by atoms with E-state index in [1.807, 2.05) is 40.3 Å². The quantitative estimate of drug-likeness (QED) is 0.566. The molecule has 0 saturated heterocycles. The molecule has 0 atom stereocenters. The number of fused-ring (bicyclic) bond motifs is 1. The van der Waals surface area contributed by atoms with Crippen LogP contribution in [0.3, 0.4) is 0 Å². The number of thiophene rings is 1. The number of nitrogens with zero attached hydrogens (tertiary/aromatic N) is 3. The first-order valence-corrected chi connectivity index (χ1v) is 9.76. The molecule has 0 aliphatic heterocycles. The van der Waals surface area contributed by atoms with Gasteiger partial charge in [-0.05, 0) is 30.0 Å². The smallest absolute Gasteiger partial charge is 0.240 e. The lowest BCUT2D eigenvalue weighted by atomic mass is 10.3. The summed E-state index contributed by atoms with van der Waals surface area (Å²) >= 11 is 3.23. The summed E-state index contributed by atoms with van der Waals surface area (Å²) in [6.07, 6.45) is 0.854. The zero-order valence-electron chi connectivity index (χ0n) is 13.4. The van der Waals surface area contributed by atoms with E-state index in [0.717, 1.165) is 29.0 Å². The Balaban J connectivity index is 1.53. The summed E-state index contributed by atoms with van der Waals surface area (Å²) < 4.78 is 1.94. The first-order valence-electron chi connectivity index (χ1n) is 7.94. The Kier molecular flexibility index (Phi) is 4.58. The Morgan fingerprint density at radius 2 is 2.12 bits per heavy atom. The molecule has 0 aliphatic rings. The number of carbonyl (C=O) groups is 1. The summed E-state index contributed by atoms with van der Waals surface area (Å²) in [5.74, 6) is 0.715. The molecule has 4 aromatic rings. The van der Waals surface area contributed by atoms with Crippen LogP contribution in [-0.4, -0.2) is 27.0 Å². The monoisotopic (exact) mass is 368 g/mol. The maximum atomic E-state index is 12.4. The van der Waals surface area contributed by atoms with Crippen LogP contribution < -0.4 is 5.32 Å². The molecule has 3 aromatic heterocycles. The van der Waals surface area contributed by atoms with Crippen LogP contribution >= 0.6 is 22.7 Å². The molecule has 5 nitrogen and oxygen atoms in total. The van der Waals surface area contributed by atoms with Crippen LogP contribution in [0.2, 0.25) is 0 Å². The van der Waals surface area contributed by atoms with Crippen molar-refractivity contribution in [2.45, 2.75) is 13.0 Å². The standard InChI is InChI=1S/C18H16N4OS2/c23-17(19-8-7-13-4-3-9-25-13)10-22-16-6-2-1-5-14(16)21-18(22)15-11-24-12-20-15/h1-6,9,11-12H,7-8,10H2,(H,19,23). The van der Waals surface area contributed by atoms with E-state index in [4.69, 9.17) is 0 Å². The van der Waals surface area contributed by atoms with E-state index >= 15 is 0 Å². The Bertz CT molecular complexity index is 974. The van der Waals surface area contributed by atoms with E-state index < -0.39 is 0 Å². The number of rotatable bonds is 6. The van der Waals surface area contributed by atoms with E-state index in [1.165, 1.54) is 16.2 Å². The van der Waals surface area contributed by atoms with Crippen LogP contribution in [0.4, 0.5) is 0 Å². The fourth-order valence-electron chi connectivity index (χ4n) is 2.73. The van der Waals surface area contributed by atoms with Crippen molar-refractivity contribution >= 4 is 39.6 Å². The van der Waals surface area contributed by atoms with Gasteiger partial charge in [0.15, 0.2) is 5.82 Å².